The Hall–Kier alpha value is -3.35. The fourth-order valence-corrected chi connectivity index (χ4v) is 2.55. The highest BCUT2D eigenvalue weighted by Gasteiger charge is 2.17. The summed E-state index contributed by atoms with van der Waals surface area (Å²) in [5.41, 5.74) is 2.33. The van der Waals surface area contributed by atoms with Gasteiger partial charge in [-0.3, -0.25) is 4.79 Å². The van der Waals surface area contributed by atoms with Crippen molar-refractivity contribution in [1.29, 1.82) is 0 Å². The van der Waals surface area contributed by atoms with Crippen LogP contribution in [-0.4, -0.2) is 30.3 Å². The topological polar surface area (TPSA) is 86.5 Å². The van der Waals surface area contributed by atoms with Gasteiger partial charge in [0.1, 0.15) is 0 Å². The van der Waals surface area contributed by atoms with Crippen molar-refractivity contribution in [3.05, 3.63) is 59.5 Å². The molecule has 7 heteroatoms. The van der Waals surface area contributed by atoms with Gasteiger partial charge in [-0.05, 0) is 25.1 Å². The van der Waals surface area contributed by atoms with Crippen LogP contribution in [0.4, 0.5) is 0 Å². The summed E-state index contributed by atoms with van der Waals surface area (Å²) in [7, 11) is 3.01. The summed E-state index contributed by atoms with van der Waals surface area (Å²) < 4.78 is 15.7. The number of methoxy groups -OCH3 is 2. The van der Waals surface area contributed by atoms with Gasteiger partial charge in [0.2, 0.25) is 11.7 Å². The number of carbonyl (C=O) groups excluding carboxylic acids is 1. The summed E-state index contributed by atoms with van der Waals surface area (Å²) in [6.07, 6.45) is 0. The predicted molar refractivity (Wildman–Crippen MR) is 95.2 cm³/mol. The summed E-state index contributed by atoms with van der Waals surface area (Å²) in [5, 5.41) is 6.70. The van der Waals surface area contributed by atoms with E-state index in [1.165, 1.54) is 14.2 Å². The molecule has 3 rings (SSSR count). The average Bonchev–Trinajstić information content (AvgIpc) is 3.14. The van der Waals surface area contributed by atoms with Crippen molar-refractivity contribution in [3.8, 4) is 22.9 Å². The minimum absolute atomic E-state index is 0.109. The molecule has 2 aromatic carbocycles. The number of para-hydroxylation sites is 1. The van der Waals surface area contributed by atoms with Crippen molar-refractivity contribution in [2.45, 2.75) is 13.5 Å². The molecule has 0 radical (unpaired) electrons. The SMILES string of the molecule is COc1cccc(C(=O)NCc2nc(-c3cccc(C)c3)no2)c1OC. The molecule has 0 saturated carbocycles. The number of hydrogen-bond donors (Lipinski definition) is 1. The fourth-order valence-electron chi connectivity index (χ4n) is 2.55. The normalized spacial score (nSPS) is 10.4. The summed E-state index contributed by atoms with van der Waals surface area (Å²) in [6, 6.07) is 12.9. The van der Waals surface area contributed by atoms with Crippen molar-refractivity contribution in [3.63, 3.8) is 0 Å². The first kappa shape index (κ1) is 17.5. The second kappa shape index (κ2) is 7.69. The van der Waals surface area contributed by atoms with Crippen molar-refractivity contribution in [2.24, 2.45) is 0 Å². The van der Waals surface area contributed by atoms with Crippen LogP contribution in [0.1, 0.15) is 21.8 Å². The number of amides is 1. The third-order valence-corrected chi connectivity index (χ3v) is 3.79. The minimum atomic E-state index is -0.323. The molecule has 1 N–H and O–H groups in total. The van der Waals surface area contributed by atoms with Crippen LogP contribution >= 0.6 is 0 Å². The first-order chi connectivity index (χ1) is 12.6. The van der Waals surface area contributed by atoms with Crippen LogP contribution in [0.15, 0.2) is 47.0 Å². The standard InChI is InChI=1S/C19H19N3O4/c1-12-6-4-7-13(10-12)18-21-16(26-22-18)11-20-19(23)14-8-5-9-15(24-2)17(14)25-3/h4-10H,11H2,1-3H3,(H,20,23). The number of ether oxygens (including phenoxy) is 2. The number of nitrogens with one attached hydrogen (secondary N) is 1. The van der Waals surface area contributed by atoms with E-state index in [9.17, 15) is 4.79 Å². The van der Waals surface area contributed by atoms with E-state index in [1.54, 1.807) is 18.2 Å². The summed E-state index contributed by atoms with van der Waals surface area (Å²) in [4.78, 5) is 16.8. The van der Waals surface area contributed by atoms with E-state index < -0.39 is 0 Å². The van der Waals surface area contributed by atoms with Crippen molar-refractivity contribution < 1.29 is 18.8 Å². The van der Waals surface area contributed by atoms with Crippen LogP contribution in [0.5, 0.6) is 11.5 Å². The third-order valence-electron chi connectivity index (χ3n) is 3.79. The van der Waals surface area contributed by atoms with Crippen molar-refractivity contribution in [2.75, 3.05) is 14.2 Å². The second-order valence-corrected chi connectivity index (χ2v) is 5.60. The molecule has 134 valence electrons. The molecule has 0 unspecified atom stereocenters. The molecule has 0 saturated heterocycles. The van der Waals surface area contributed by atoms with Gasteiger partial charge in [-0.1, -0.05) is 35.0 Å². The maximum absolute atomic E-state index is 12.5. The Morgan fingerprint density at radius 2 is 1.96 bits per heavy atom. The highest BCUT2D eigenvalue weighted by atomic mass is 16.5. The number of rotatable bonds is 6. The maximum atomic E-state index is 12.5. The van der Waals surface area contributed by atoms with Gasteiger partial charge in [-0.15, -0.1) is 0 Å². The third kappa shape index (κ3) is 3.66. The molecule has 1 heterocycles. The molecule has 0 aliphatic heterocycles. The highest BCUT2D eigenvalue weighted by Crippen LogP contribution is 2.30. The zero-order valence-corrected chi connectivity index (χ0v) is 14.8. The zero-order valence-electron chi connectivity index (χ0n) is 14.8. The lowest BCUT2D eigenvalue weighted by atomic mass is 10.1. The van der Waals surface area contributed by atoms with Gasteiger partial charge in [0.15, 0.2) is 11.5 Å². The predicted octanol–water partition coefficient (Wildman–Crippen LogP) is 2.99. The van der Waals surface area contributed by atoms with E-state index in [2.05, 4.69) is 15.5 Å². The number of aryl methyl sites for hydroxylation is 1. The Kier molecular flexibility index (Phi) is 5.17. The molecule has 7 nitrogen and oxygen atoms in total. The Balaban J connectivity index is 1.71. The second-order valence-electron chi connectivity index (χ2n) is 5.60. The van der Waals surface area contributed by atoms with E-state index in [1.807, 2.05) is 31.2 Å². The maximum Gasteiger partial charge on any atom is 0.255 e. The van der Waals surface area contributed by atoms with Gasteiger partial charge >= 0.3 is 0 Å². The van der Waals surface area contributed by atoms with E-state index in [0.717, 1.165) is 11.1 Å². The first-order valence-electron chi connectivity index (χ1n) is 8.01. The lowest BCUT2D eigenvalue weighted by molar-refractivity contribution is 0.0942. The van der Waals surface area contributed by atoms with Gasteiger partial charge in [0.05, 0.1) is 26.3 Å². The van der Waals surface area contributed by atoms with Gasteiger partial charge in [0, 0.05) is 5.56 Å². The van der Waals surface area contributed by atoms with Crippen LogP contribution in [0.3, 0.4) is 0 Å². The van der Waals surface area contributed by atoms with Gasteiger partial charge in [-0.2, -0.15) is 4.98 Å². The van der Waals surface area contributed by atoms with Gasteiger partial charge in [-0.25, -0.2) is 0 Å². The van der Waals surface area contributed by atoms with Crippen LogP contribution < -0.4 is 14.8 Å². The van der Waals surface area contributed by atoms with Crippen LogP contribution in [0.2, 0.25) is 0 Å². The smallest absolute Gasteiger partial charge is 0.255 e. The molecular weight excluding hydrogens is 334 g/mol. The summed E-state index contributed by atoms with van der Waals surface area (Å²) >= 11 is 0. The molecule has 0 bridgehead atoms. The van der Waals surface area contributed by atoms with E-state index in [4.69, 9.17) is 14.0 Å². The molecule has 26 heavy (non-hydrogen) atoms. The Morgan fingerprint density at radius 1 is 1.15 bits per heavy atom. The Labute approximate surface area is 150 Å². The monoisotopic (exact) mass is 353 g/mol. The molecule has 0 aliphatic rings. The first-order valence-corrected chi connectivity index (χ1v) is 8.01. The number of hydrogen-bond acceptors (Lipinski definition) is 6. The van der Waals surface area contributed by atoms with Crippen LogP contribution in [0.25, 0.3) is 11.4 Å². The number of carbonyl (C=O) groups is 1. The molecule has 0 atom stereocenters. The van der Waals surface area contributed by atoms with E-state index in [0.29, 0.717) is 28.8 Å². The number of aromatic nitrogens is 2. The molecule has 1 amide bonds. The van der Waals surface area contributed by atoms with Crippen molar-refractivity contribution >= 4 is 5.91 Å². The highest BCUT2D eigenvalue weighted by molar-refractivity contribution is 5.97. The number of nitrogens with zero attached hydrogens (tertiary/aromatic N) is 2. The lowest BCUT2D eigenvalue weighted by Gasteiger charge is -2.11. The van der Waals surface area contributed by atoms with Gasteiger partial charge < -0.3 is 19.3 Å². The lowest BCUT2D eigenvalue weighted by Crippen LogP contribution is -2.23. The molecule has 0 fully saturated rings. The van der Waals surface area contributed by atoms with Crippen LogP contribution in [-0.2, 0) is 6.54 Å². The summed E-state index contributed by atoms with van der Waals surface area (Å²) in [6.45, 7) is 2.10. The fraction of sp³-hybridized carbons (Fsp3) is 0.211. The molecule has 0 aliphatic carbocycles. The Morgan fingerprint density at radius 3 is 2.69 bits per heavy atom. The number of benzene rings is 2. The minimum Gasteiger partial charge on any atom is -0.493 e. The summed E-state index contributed by atoms with van der Waals surface area (Å²) in [5.74, 6) is 1.34. The zero-order chi connectivity index (χ0) is 18.5. The van der Waals surface area contributed by atoms with Gasteiger partial charge in [0.25, 0.3) is 5.91 Å². The largest absolute Gasteiger partial charge is 0.493 e. The molecular formula is C19H19N3O4. The quantitative estimate of drug-likeness (QED) is 0.733. The Bertz CT molecular complexity index is 921. The van der Waals surface area contributed by atoms with Crippen molar-refractivity contribution in [1.82, 2.24) is 15.5 Å². The van der Waals surface area contributed by atoms with Crippen LogP contribution in [0, 0.1) is 6.92 Å². The molecule has 0 spiro atoms. The molecule has 3 aromatic rings. The van der Waals surface area contributed by atoms with E-state index >= 15 is 0 Å². The van der Waals surface area contributed by atoms with E-state index in [-0.39, 0.29) is 12.5 Å². The molecule has 1 aromatic heterocycles. The average molecular weight is 353 g/mol.